The van der Waals surface area contributed by atoms with E-state index in [2.05, 4.69) is 19.9 Å². The number of hydrogen-bond donors (Lipinski definition) is 1. The first-order valence-corrected chi connectivity index (χ1v) is 7.17. The van der Waals surface area contributed by atoms with E-state index >= 15 is 0 Å². The molecule has 2 aliphatic heterocycles. The highest BCUT2D eigenvalue weighted by molar-refractivity contribution is 5.42. The van der Waals surface area contributed by atoms with Gasteiger partial charge in [0.25, 0.3) is 0 Å². The van der Waals surface area contributed by atoms with Gasteiger partial charge in [0, 0.05) is 19.3 Å². The fourth-order valence-corrected chi connectivity index (χ4v) is 3.17. The van der Waals surface area contributed by atoms with Crippen LogP contribution in [0.1, 0.15) is 44.2 Å². The van der Waals surface area contributed by atoms with Gasteiger partial charge in [0.05, 0.1) is 24.4 Å². The highest BCUT2D eigenvalue weighted by Crippen LogP contribution is 2.42. The lowest BCUT2D eigenvalue weighted by Gasteiger charge is -2.43. The second kappa shape index (κ2) is 4.50. The Kier molecular flexibility index (Phi) is 3.06. The van der Waals surface area contributed by atoms with Crippen molar-refractivity contribution in [3.05, 3.63) is 29.3 Å². The van der Waals surface area contributed by atoms with Gasteiger partial charge in [-0.25, -0.2) is 0 Å². The average molecular weight is 262 g/mol. The molecular formula is C16H22O3. The molecule has 0 aliphatic carbocycles. The maximum Gasteiger partial charge on any atom is 0.122 e. The summed E-state index contributed by atoms with van der Waals surface area (Å²) < 4.78 is 11.4. The third kappa shape index (κ3) is 2.26. The molecule has 104 valence electrons. The lowest BCUT2D eigenvalue weighted by Crippen LogP contribution is -2.45. The van der Waals surface area contributed by atoms with Crippen LogP contribution in [-0.2, 0) is 16.8 Å². The maximum atomic E-state index is 11.0. The van der Waals surface area contributed by atoms with Crippen LogP contribution in [0.4, 0.5) is 0 Å². The van der Waals surface area contributed by atoms with E-state index in [0.29, 0.717) is 19.4 Å². The molecule has 1 N–H and O–H groups in total. The molecule has 3 heteroatoms. The molecule has 1 aromatic rings. The Hall–Kier alpha value is -1.06. The van der Waals surface area contributed by atoms with Crippen molar-refractivity contribution in [2.75, 3.05) is 13.2 Å². The number of hydrogen-bond acceptors (Lipinski definition) is 3. The predicted octanol–water partition coefficient (Wildman–Crippen LogP) is 2.79. The normalized spacial score (nSPS) is 33.8. The quantitative estimate of drug-likeness (QED) is 0.890. The summed E-state index contributed by atoms with van der Waals surface area (Å²) in [6, 6.07) is 6.11. The predicted molar refractivity (Wildman–Crippen MR) is 73.4 cm³/mol. The topological polar surface area (TPSA) is 38.7 Å². The van der Waals surface area contributed by atoms with E-state index in [9.17, 15) is 5.11 Å². The molecule has 0 aromatic heterocycles. The van der Waals surface area contributed by atoms with Crippen LogP contribution in [-0.4, -0.2) is 23.9 Å². The Bertz CT molecular complexity index is 485. The lowest BCUT2D eigenvalue weighted by molar-refractivity contribution is -0.157. The van der Waals surface area contributed by atoms with E-state index in [1.54, 1.807) is 0 Å². The molecular weight excluding hydrogens is 240 g/mol. The Morgan fingerprint density at radius 2 is 2.16 bits per heavy atom. The summed E-state index contributed by atoms with van der Waals surface area (Å²) in [5.74, 6) is 0.970. The molecule has 2 aliphatic rings. The Morgan fingerprint density at radius 3 is 2.95 bits per heavy atom. The van der Waals surface area contributed by atoms with Gasteiger partial charge in [-0.1, -0.05) is 13.0 Å². The molecule has 1 fully saturated rings. The van der Waals surface area contributed by atoms with Crippen LogP contribution in [0.25, 0.3) is 0 Å². The van der Waals surface area contributed by atoms with E-state index in [-0.39, 0.29) is 5.60 Å². The van der Waals surface area contributed by atoms with E-state index in [1.807, 2.05) is 12.1 Å². The molecule has 0 bridgehead atoms. The third-order valence-electron chi connectivity index (χ3n) is 4.61. The summed E-state index contributed by atoms with van der Waals surface area (Å²) in [7, 11) is 0. The van der Waals surface area contributed by atoms with Crippen molar-refractivity contribution in [2.24, 2.45) is 0 Å². The molecule has 0 amide bonds. The average Bonchev–Trinajstić information content (AvgIpc) is 2.85. The minimum Gasteiger partial charge on any atom is -0.493 e. The second-order valence-electron chi connectivity index (χ2n) is 6.03. The molecule has 0 spiro atoms. The Balaban J connectivity index is 1.91. The van der Waals surface area contributed by atoms with Crippen molar-refractivity contribution in [1.82, 2.24) is 0 Å². The van der Waals surface area contributed by atoms with E-state index in [0.717, 1.165) is 30.8 Å². The van der Waals surface area contributed by atoms with Crippen LogP contribution in [0.5, 0.6) is 5.75 Å². The van der Waals surface area contributed by atoms with Gasteiger partial charge >= 0.3 is 0 Å². The zero-order valence-electron chi connectivity index (χ0n) is 11.7. The highest BCUT2D eigenvalue weighted by atomic mass is 16.5. The Morgan fingerprint density at radius 1 is 1.32 bits per heavy atom. The molecule has 2 heterocycles. The molecule has 1 saturated heterocycles. The summed E-state index contributed by atoms with van der Waals surface area (Å²) in [5.41, 5.74) is 1.25. The minimum atomic E-state index is -0.763. The molecule has 0 saturated carbocycles. The van der Waals surface area contributed by atoms with Crippen molar-refractivity contribution in [3.63, 3.8) is 0 Å². The lowest BCUT2D eigenvalue weighted by atomic mass is 9.77. The summed E-state index contributed by atoms with van der Waals surface area (Å²) >= 11 is 0. The van der Waals surface area contributed by atoms with Crippen LogP contribution in [0, 0.1) is 0 Å². The maximum absolute atomic E-state index is 11.0. The fourth-order valence-electron chi connectivity index (χ4n) is 3.17. The van der Waals surface area contributed by atoms with Gasteiger partial charge in [0.2, 0.25) is 0 Å². The van der Waals surface area contributed by atoms with Crippen molar-refractivity contribution < 1.29 is 14.6 Å². The first-order valence-electron chi connectivity index (χ1n) is 7.17. The molecule has 2 atom stereocenters. The first-order chi connectivity index (χ1) is 9.05. The van der Waals surface area contributed by atoms with Crippen LogP contribution >= 0.6 is 0 Å². The van der Waals surface area contributed by atoms with E-state index in [4.69, 9.17) is 9.47 Å². The largest absolute Gasteiger partial charge is 0.493 e. The Labute approximate surface area is 114 Å². The van der Waals surface area contributed by atoms with E-state index in [1.165, 1.54) is 5.56 Å². The molecule has 3 rings (SSSR count). The van der Waals surface area contributed by atoms with Crippen molar-refractivity contribution >= 4 is 0 Å². The summed E-state index contributed by atoms with van der Waals surface area (Å²) in [4.78, 5) is 0. The molecule has 1 aromatic carbocycles. The molecule has 19 heavy (non-hydrogen) atoms. The third-order valence-corrected chi connectivity index (χ3v) is 4.61. The van der Waals surface area contributed by atoms with Crippen LogP contribution in [0.15, 0.2) is 18.2 Å². The first kappa shape index (κ1) is 12.9. The van der Waals surface area contributed by atoms with Crippen LogP contribution in [0.2, 0.25) is 0 Å². The van der Waals surface area contributed by atoms with Gasteiger partial charge in [-0.3, -0.25) is 0 Å². The fraction of sp³-hybridized carbons (Fsp3) is 0.625. The van der Waals surface area contributed by atoms with Crippen molar-refractivity contribution in [1.29, 1.82) is 0 Å². The molecule has 2 unspecified atom stereocenters. The van der Waals surface area contributed by atoms with Gasteiger partial charge < -0.3 is 14.6 Å². The number of aliphatic hydroxyl groups is 1. The van der Waals surface area contributed by atoms with Gasteiger partial charge in [-0.15, -0.1) is 0 Å². The van der Waals surface area contributed by atoms with Gasteiger partial charge in [0.1, 0.15) is 5.75 Å². The zero-order chi connectivity index (χ0) is 13.5. The van der Waals surface area contributed by atoms with Crippen LogP contribution in [0.3, 0.4) is 0 Å². The van der Waals surface area contributed by atoms with Crippen molar-refractivity contribution in [2.45, 2.75) is 50.7 Å². The number of fused-ring (bicyclic) bond motifs is 1. The molecule has 0 radical (unpaired) electrons. The molecule has 3 nitrogen and oxygen atoms in total. The van der Waals surface area contributed by atoms with Gasteiger partial charge in [-0.05, 0) is 36.6 Å². The van der Waals surface area contributed by atoms with Crippen molar-refractivity contribution in [3.8, 4) is 5.75 Å². The monoisotopic (exact) mass is 262 g/mol. The van der Waals surface area contributed by atoms with Gasteiger partial charge in [-0.2, -0.15) is 0 Å². The number of ether oxygens (including phenoxy) is 2. The summed E-state index contributed by atoms with van der Waals surface area (Å²) in [6.07, 6.45) is 3.20. The van der Waals surface area contributed by atoms with E-state index < -0.39 is 5.60 Å². The number of rotatable bonds is 2. The minimum absolute atomic E-state index is 0.220. The zero-order valence-corrected chi connectivity index (χ0v) is 11.7. The SMILES string of the molecule is CCC1(C)CC(O)(c2ccc3c(c2)CCO3)CCO1. The van der Waals surface area contributed by atoms with Gasteiger partial charge in [0.15, 0.2) is 0 Å². The smallest absolute Gasteiger partial charge is 0.122 e. The van der Waals surface area contributed by atoms with Crippen LogP contribution < -0.4 is 4.74 Å². The summed E-state index contributed by atoms with van der Waals surface area (Å²) in [5, 5.41) is 11.0. The standard InChI is InChI=1S/C16H22O3/c1-3-15(2)11-16(17,7-9-19-15)13-4-5-14-12(10-13)6-8-18-14/h4-5,10,17H,3,6-9,11H2,1-2H3. The summed E-state index contributed by atoms with van der Waals surface area (Å²) in [6.45, 7) is 5.58. The number of benzene rings is 1. The highest BCUT2D eigenvalue weighted by Gasteiger charge is 2.42. The second-order valence-corrected chi connectivity index (χ2v) is 6.03.